The monoisotopic (exact) mass is 345 g/mol. The van der Waals surface area contributed by atoms with Crippen molar-refractivity contribution in [3.8, 4) is 5.75 Å². The summed E-state index contributed by atoms with van der Waals surface area (Å²) in [6.07, 6.45) is 0. The van der Waals surface area contributed by atoms with Crippen molar-refractivity contribution in [3.05, 3.63) is 67.8 Å². The van der Waals surface area contributed by atoms with Gasteiger partial charge in [-0.2, -0.15) is 0 Å². The molecule has 2 aromatic rings. The topological polar surface area (TPSA) is 125 Å². The van der Waals surface area contributed by atoms with E-state index in [1.165, 1.54) is 6.92 Å². The Kier molecular flexibility index (Phi) is 5.28. The van der Waals surface area contributed by atoms with Crippen molar-refractivity contribution >= 4 is 23.0 Å². The Morgan fingerprint density at radius 2 is 1.84 bits per heavy atom. The van der Waals surface area contributed by atoms with Gasteiger partial charge >= 0.3 is 0 Å². The van der Waals surface area contributed by atoms with E-state index in [1.54, 1.807) is 31.2 Å². The number of nitrogens with one attached hydrogen (secondary N) is 1. The lowest BCUT2D eigenvalue weighted by Gasteiger charge is -2.12. The summed E-state index contributed by atoms with van der Waals surface area (Å²) < 4.78 is 5.40. The molecule has 25 heavy (non-hydrogen) atoms. The summed E-state index contributed by atoms with van der Waals surface area (Å²) in [7, 11) is 0. The predicted molar refractivity (Wildman–Crippen MR) is 90.1 cm³/mol. The van der Waals surface area contributed by atoms with Crippen molar-refractivity contribution in [1.29, 1.82) is 0 Å². The van der Waals surface area contributed by atoms with Crippen molar-refractivity contribution < 1.29 is 19.4 Å². The van der Waals surface area contributed by atoms with Crippen LogP contribution in [0, 0.1) is 27.2 Å². The molecule has 1 amide bonds. The molecule has 2 rings (SSSR count). The Hall–Kier alpha value is -3.49. The molecular weight excluding hydrogens is 330 g/mol. The van der Waals surface area contributed by atoms with Gasteiger partial charge in [-0.3, -0.25) is 25.0 Å². The number of non-ortho nitro benzene ring substituents is 1. The highest BCUT2D eigenvalue weighted by molar-refractivity contribution is 6.07. The number of nitro groups is 2. The third-order valence-corrected chi connectivity index (χ3v) is 3.45. The van der Waals surface area contributed by atoms with E-state index in [-0.39, 0.29) is 11.1 Å². The lowest BCUT2D eigenvalue weighted by Crippen LogP contribution is -2.15. The number of carbonyl (C=O) groups is 1. The molecule has 0 aromatic heterocycles. The molecule has 0 heterocycles. The Morgan fingerprint density at radius 3 is 2.44 bits per heavy atom. The first kappa shape index (κ1) is 17.9. The van der Waals surface area contributed by atoms with Crippen LogP contribution >= 0.6 is 0 Å². The first-order valence-corrected chi connectivity index (χ1v) is 7.31. The lowest BCUT2D eigenvalue weighted by molar-refractivity contribution is -0.394. The molecular formula is C16H15N3O6. The number of amides is 1. The summed E-state index contributed by atoms with van der Waals surface area (Å²) in [4.78, 5) is 33.1. The van der Waals surface area contributed by atoms with Crippen LogP contribution in [0.5, 0.6) is 5.75 Å². The molecule has 9 nitrogen and oxygen atoms in total. The fraction of sp³-hybridized carbons (Fsp3) is 0.188. The van der Waals surface area contributed by atoms with Gasteiger partial charge in [0.15, 0.2) is 0 Å². The van der Waals surface area contributed by atoms with Gasteiger partial charge in [-0.15, -0.1) is 0 Å². The number of hydrogen-bond acceptors (Lipinski definition) is 6. The van der Waals surface area contributed by atoms with Gasteiger partial charge in [-0.1, -0.05) is 12.1 Å². The zero-order valence-corrected chi connectivity index (χ0v) is 13.5. The molecule has 9 heteroatoms. The maximum atomic E-state index is 12.5. The summed E-state index contributed by atoms with van der Waals surface area (Å²) in [6.45, 7) is 3.53. The third kappa shape index (κ3) is 3.89. The minimum Gasteiger partial charge on any atom is -0.492 e. The van der Waals surface area contributed by atoms with Crippen molar-refractivity contribution in [2.75, 3.05) is 11.9 Å². The summed E-state index contributed by atoms with van der Waals surface area (Å²) in [6, 6.07) is 8.51. The van der Waals surface area contributed by atoms with Crippen molar-refractivity contribution in [2.24, 2.45) is 0 Å². The van der Waals surface area contributed by atoms with E-state index in [4.69, 9.17) is 4.74 Å². The van der Waals surface area contributed by atoms with E-state index in [2.05, 4.69) is 5.32 Å². The van der Waals surface area contributed by atoms with Gasteiger partial charge in [0, 0.05) is 11.6 Å². The molecule has 0 radical (unpaired) electrons. The van der Waals surface area contributed by atoms with Crippen LogP contribution in [0.3, 0.4) is 0 Å². The van der Waals surface area contributed by atoms with Crippen LogP contribution in [0.1, 0.15) is 22.8 Å². The smallest absolute Gasteiger partial charge is 0.279 e. The van der Waals surface area contributed by atoms with Crippen LogP contribution < -0.4 is 10.1 Å². The SMILES string of the molecule is CCOc1ccccc1NC(=O)c1cc([N+](=O)[O-])cc([N+](=O)[O-])c1C. The number of benzene rings is 2. The molecule has 0 saturated heterocycles. The van der Waals surface area contributed by atoms with Gasteiger partial charge in [0.2, 0.25) is 0 Å². The van der Waals surface area contributed by atoms with E-state index < -0.39 is 27.1 Å². The van der Waals surface area contributed by atoms with Gasteiger partial charge in [-0.05, 0) is 26.0 Å². The van der Waals surface area contributed by atoms with Crippen LogP contribution in [-0.2, 0) is 0 Å². The highest BCUT2D eigenvalue weighted by atomic mass is 16.6. The van der Waals surface area contributed by atoms with Crippen LogP contribution in [0.4, 0.5) is 17.1 Å². The highest BCUT2D eigenvalue weighted by Gasteiger charge is 2.25. The zero-order valence-electron chi connectivity index (χ0n) is 13.5. The lowest BCUT2D eigenvalue weighted by atomic mass is 10.0. The second kappa shape index (κ2) is 7.39. The second-order valence-corrected chi connectivity index (χ2v) is 5.03. The van der Waals surface area contributed by atoms with Crippen molar-refractivity contribution in [2.45, 2.75) is 13.8 Å². The summed E-state index contributed by atoms with van der Waals surface area (Å²) >= 11 is 0. The second-order valence-electron chi connectivity index (χ2n) is 5.03. The van der Waals surface area contributed by atoms with Gasteiger partial charge in [0.1, 0.15) is 5.75 Å². The third-order valence-electron chi connectivity index (χ3n) is 3.45. The molecule has 0 fully saturated rings. The zero-order chi connectivity index (χ0) is 18.6. The van der Waals surface area contributed by atoms with Gasteiger partial charge in [0.25, 0.3) is 17.3 Å². The fourth-order valence-electron chi connectivity index (χ4n) is 2.26. The Labute approximate surface area is 142 Å². The van der Waals surface area contributed by atoms with E-state index in [0.29, 0.717) is 18.0 Å². The molecule has 1 N–H and O–H groups in total. The van der Waals surface area contributed by atoms with Crippen LogP contribution in [0.15, 0.2) is 36.4 Å². The molecule has 0 atom stereocenters. The number of nitro benzene ring substituents is 2. The molecule has 0 unspecified atom stereocenters. The van der Waals surface area contributed by atoms with Crippen LogP contribution in [-0.4, -0.2) is 22.4 Å². The number of anilines is 1. The molecule has 0 aliphatic heterocycles. The quantitative estimate of drug-likeness (QED) is 0.631. The van der Waals surface area contributed by atoms with Gasteiger partial charge in [0.05, 0.1) is 33.8 Å². The molecule has 0 saturated carbocycles. The first-order chi connectivity index (χ1) is 11.8. The number of carbonyl (C=O) groups excluding carboxylic acids is 1. The molecule has 2 aromatic carbocycles. The summed E-state index contributed by atoms with van der Waals surface area (Å²) in [5, 5.41) is 24.7. The minimum absolute atomic E-state index is 0.0435. The first-order valence-electron chi connectivity index (χ1n) is 7.31. The van der Waals surface area contributed by atoms with Gasteiger partial charge < -0.3 is 10.1 Å². The van der Waals surface area contributed by atoms with Crippen LogP contribution in [0.25, 0.3) is 0 Å². The number of para-hydroxylation sites is 2. The number of nitrogens with zero attached hydrogens (tertiary/aromatic N) is 2. The normalized spacial score (nSPS) is 10.2. The average molecular weight is 345 g/mol. The Morgan fingerprint density at radius 1 is 1.16 bits per heavy atom. The van der Waals surface area contributed by atoms with E-state index >= 15 is 0 Å². The molecule has 0 spiro atoms. The molecule has 0 aliphatic carbocycles. The Bertz CT molecular complexity index is 850. The molecule has 0 aliphatic rings. The van der Waals surface area contributed by atoms with E-state index in [9.17, 15) is 25.0 Å². The fourth-order valence-corrected chi connectivity index (χ4v) is 2.26. The minimum atomic E-state index is -0.780. The van der Waals surface area contributed by atoms with E-state index in [1.807, 2.05) is 0 Å². The predicted octanol–water partition coefficient (Wildman–Crippen LogP) is 3.46. The van der Waals surface area contributed by atoms with Gasteiger partial charge in [-0.25, -0.2) is 0 Å². The summed E-state index contributed by atoms with van der Waals surface area (Å²) in [5.41, 5.74) is -0.755. The number of ether oxygens (including phenoxy) is 1. The highest BCUT2D eigenvalue weighted by Crippen LogP contribution is 2.30. The van der Waals surface area contributed by atoms with Crippen molar-refractivity contribution in [1.82, 2.24) is 0 Å². The van der Waals surface area contributed by atoms with Crippen molar-refractivity contribution in [3.63, 3.8) is 0 Å². The largest absolute Gasteiger partial charge is 0.492 e. The maximum Gasteiger partial charge on any atom is 0.279 e. The maximum absolute atomic E-state index is 12.5. The van der Waals surface area contributed by atoms with Crippen LogP contribution in [0.2, 0.25) is 0 Å². The standard InChI is InChI=1S/C16H15N3O6/c1-3-25-15-7-5-4-6-13(15)17-16(20)12-8-11(18(21)22)9-14(10(12)2)19(23)24/h4-9H,3H2,1-2H3,(H,17,20). The van der Waals surface area contributed by atoms with E-state index in [0.717, 1.165) is 12.1 Å². The molecule has 0 bridgehead atoms. The Balaban J connectivity index is 2.46. The number of rotatable bonds is 6. The number of hydrogen-bond donors (Lipinski definition) is 1. The molecule has 130 valence electrons. The average Bonchev–Trinajstić information content (AvgIpc) is 2.56. The summed E-state index contributed by atoms with van der Waals surface area (Å²) in [5.74, 6) is -0.271.